The molecule has 0 radical (unpaired) electrons. The number of carbonyl (C=O) groups excluding carboxylic acids is 1. The van der Waals surface area contributed by atoms with Crippen molar-refractivity contribution in [3.63, 3.8) is 0 Å². The van der Waals surface area contributed by atoms with Gasteiger partial charge in [0.1, 0.15) is 30.3 Å². The van der Waals surface area contributed by atoms with Crippen LogP contribution >= 0.6 is 34.5 Å². The summed E-state index contributed by atoms with van der Waals surface area (Å²) < 4.78 is 17.2. The maximum absolute atomic E-state index is 12.3. The molecule has 7 nitrogen and oxygen atoms in total. The minimum absolute atomic E-state index is 0.0858. The number of nitrogens with one attached hydrogen (secondary N) is 1. The molecule has 0 spiro atoms. The van der Waals surface area contributed by atoms with E-state index in [0.29, 0.717) is 38.8 Å². The van der Waals surface area contributed by atoms with Gasteiger partial charge in [0.2, 0.25) is 0 Å². The van der Waals surface area contributed by atoms with Gasteiger partial charge in [-0.1, -0.05) is 35.3 Å². The van der Waals surface area contributed by atoms with Crippen LogP contribution < -0.4 is 19.5 Å². The number of benzene rings is 2. The number of carbonyl (C=O) groups is 1. The molecule has 3 aromatic rings. The maximum Gasteiger partial charge on any atom is 0.418 e. The number of piperidine rings is 1. The van der Waals surface area contributed by atoms with E-state index in [1.807, 2.05) is 19.1 Å². The lowest BCUT2D eigenvalue weighted by atomic mass is 10.1. The summed E-state index contributed by atoms with van der Waals surface area (Å²) in [6, 6.07) is 16.0. The van der Waals surface area contributed by atoms with Gasteiger partial charge in [-0.25, -0.2) is 4.79 Å². The van der Waals surface area contributed by atoms with Crippen LogP contribution in [0, 0.1) is 6.92 Å². The largest absolute Gasteiger partial charge is 0.490 e. The molecular formula is C26H28Cl2N2O5S. The van der Waals surface area contributed by atoms with Crippen molar-refractivity contribution in [1.29, 1.82) is 0 Å². The fraction of sp³-hybridized carbons (Fsp3) is 0.346. The lowest BCUT2D eigenvalue weighted by Crippen LogP contribution is -2.43. The third-order valence-electron chi connectivity index (χ3n) is 5.66. The molecule has 1 amide bonds. The summed E-state index contributed by atoms with van der Waals surface area (Å²) in [5.74, 6) is 1.17. The van der Waals surface area contributed by atoms with Crippen LogP contribution in [0.15, 0.2) is 54.6 Å². The number of ether oxygens (including phenoxy) is 3. The van der Waals surface area contributed by atoms with Gasteiger partial charge in [-0.15, -0.1) is 11.3 Å². The second-order valence-electron chi connectivity index (χ2n) is 8.53. The first-order valence-corrected chi connectivity index (χ1v) is 13.2. The number of anilines is 1. The Kier molecular flexibility index (Phi) is 9.34. The summed E-state index contributed by atoms with van der Waals surface area (Å²) in [7, 11) is 0. The highest BCUT2D eigenvalue weighted by molar-refractivity contribution is 7.13. The molecule has 1 aromatic heterocycles. The van der Waals surface area contributed by atoms with Gasteiger partial charge >= 0.3 is 6.09 Å². The zero-order valence-electron chi connectivity index (χ0n) is 19.8. The maximum atomic E-state index is 12.3. The van der Waals surface area contributed by atoms with Gasteiger partial charge in [-0.05, 0) is 56.2 Å². The van der Waals surface area contributed by atoms with Crippen LogP contribution in [0.3, 0.4) is 0 Å². The van der Waals surface area contributed by atoms with E-state index in [4.69, 9.17) is 37.4 Å². The van der Waals surface area contributed by atoms with Gasteiger partial charge in [0, 0.05) is 30.6 Å². The lowest BCUT2D eigenvalue weighted by molar-refractivity contribution is 0.0403. The number of halogens is 2. The molecule has 1 saturated heterocycles. The molecular weight excluding hydrogens is 523 g/mol. The van der Waals surface area contributed by atoms with Crippen molar-refractivity contribution in [2.24, 2.45) is 0 Å². The zero-order chi connectivity index (χ0) is 25.5. The van der Waals surface area contributed by atoms with E-state index in [1.165, 1.54) is 11.3 Å². The van der Waals surface area contributed by atoms with E-state index in [2.05, 4.69) is 10.2 Å². The standard InChI is InChI=1S/C26H28Cl2N2O5S/c1-17-6-9-25(36-17)35-26(32)29-23-4-2-3-5-24(23)33-16-18(31)15-30-12-10-19(11-13-30)34-20-7-8-21(27)22(28)14-20/h2-9,14,18-19,31H,10-13,15-16H2,1H3,(H,29,32). The summed E-state index contributed by atoms with van der Waals surface area (Å²) >= 11 is 13.4. The Balaban J connectivity index is 1.20. The highest BCUT2D eigenvalue weighted by Crippen LogP contribution is 2.29. The van der Waals surface area contributed by atoms with Gasteiger partial charge in [0.15, 0.2) is 5.06 Å². The van der Waals surface area contributed by atoms with Crippen molar-refractivity contribution in [3.05, 3.63) is 69.5 Å². The number of nitrogens with zero attached hydrogens (tertiary/aromatic N) is 1. The Hall–Kier alpha value is -2.49. The van der Waals surface area contributed by atoms with Crippen molar-refractivity contribution in [3.8, 4) is 16.6 Å². The molecule has 4 rings (SSSR count). The number of aliphatic hydroxyl groups is 1. The van der Waals surface area contributed by atoms with Crippen molar-refractivity contribution in [2.75, 3.05) is 31.6 Å². The van der Waals surface area contributed by atoms with Crippen LogP contribution in [0.25, 0.3) is 0 Å². The average Bonchev–Trinajstić information content (AvgIpc) is 3.26. The number of hydrogen-bond acceptors (Lipinski definition) is 7. The molecule has 1 aliphatic rings. The molecule has 36 heavy (non-hydrogen) atoms. The Labute approximate surface area is 224 Å². The Morgan fingerprint density at radius 1 is 1.14 bits per heavy atom. The summed E-state index contributed by atoms with van der Waals surface area (Å²) in [6.45, 7) is 4.12. The van der Waals surface area contributed by atoms with Gasteiger partial charge in [-0.2, -0.15) is 0 Å². The van der Waals surface area contributed by atoms with Gasteiger partial charge in [0.25, 0.3) is 0 Å². The van der Waals surface area contributed by atoms with E-state index in [9.17, 15) is 9.90 Å². The van der Waals surface area contributed by atoms with Crippen molar-refractivity contribution in [2.45, 2.75) is 32.0 Å². The number of para-hydroxylation sites is 2. The zero-order valence-corrected chi connectivity index (χ0v) is 22.1. The van der Waals surface area contributed by atoms with E-state index >= 15 is 0 Å². The molecule has 1 fully saturated rings. The topological polar surface area (TPSA) is 80.3 Å². The van der Waals surface area contributed by atoms with Crippen LogP contribution in [0.1, 0.15) is 17.7 Å². The predicted octanol–water partition coefficient (Wildman–Crippen LogP) is 6.26. The van der Waals surface area contributed by atoms with Crippen LogP contribution in [-0.4, -0.2) is 54.5 Å². The first-order valence-electron chi connectivity index (χ1n) is 11.6. The SMILES string of the molecule is Cc1ccc(OC(=O)Nc2ccccc2OCC(O)CN2CCC(Oc3ccc(Cl)c(Cl)c3)CC2)s1. The summed E-state index contributed by atoms with van der Waals surface area (Å²) in [5, 5.41) is 14.8. The molecule has 10 heteroatoms. The third-order valence-corrected chi connectivity index (χ3v) is 7.28. The molecule has 1 unspecified atom stereocenters. The monoisotopic (exact) mass is 550 g/mol. The number of amides is 1. The van der Waals surface area contributed by atoms with E-state index in [-0.39, 0.29) is 12.7 Å². The second-order valence-corrected chi connectivity index (χ2v) is 10.6. The molecule has 192 valence electrons. The normalized spacial score (nSPS) is 15.3. The fourth-order valence-corrected chi connectivity index (χ4v) is 4.87. The molecule has 2 heterocycles. The Morgan fingerprint density at radius 3 is 2.64 bits per heavy atom. The number of thiophene rings is 1. The van der Waals surface area contributed by atoms with Gasteiger partial charge in [0.05, 0.1) is 15.7 Å². The quantitative estimate of drug-likeness (QED) is 0.327. The van der Waals surface area contributed by atoms with Gasteiger partial charge < -0.3 is 24.2 Å². The number of hydrogen-bond donors (Lipinski definition) is 2. The first-order chi connectivity index (χ1) is 17.4. The molecule has 1 aliphatic heterocycles. The molecule has 0 saturated carbocycles. The number of aliphatic hydroxyl groups excluding tert-OH is 1. The van der Waals surface area contributed by atoms with Gasteiger partial charge in [-0.3, -0.25) is 5.32 Å². The minimum atomic E-state index is -0.688. The third kappa shape index (κ3) is 7.75. The van der Waals surface area contributed by atoms with Crippen molar-refractivity contribution in [1.82, 2.24) is 4.90 Å². The number of likely N-dealkylation sites (tertiary alicyclic amines) is 1. The molecule has 0 bridgehead atoms. The molecule has 1 atom stereocenters. The van der Waals surface area contributed by atoms with Crippen LogP contribution in [0.4, 0.5) is 10.5 Å². The summed E-state index contributed by atoms with van der Waals surface area (Å²) in [5.41, 5.74) is 0.475. The van der Waals surface area contributed by atoms with E-state index < -0.39 is 12.2 Å². The summed E-state index contributed by atoms with van der Waals surface area (Å²) in [4.78, 5) is 15.5. The van der Waals surface area contributed by atoms with Crippen LogP contribution in [-0.2, 0) is 0 Å². The van der Waals surface area contributed by atoms with Crippen molar-refractivity contribution >= 4 is 46.3 Å². The Bertz CT molecular complexity index is 1170. The number of β-amino-alcohol motifs (C(OH)–C–C–N with tert-alkyl or cyclic N) is 1. The van der Waals surface area contributed by atoms with E-state index in [0.717, 1.165) is 30.8 Å². The lowest BCUT2D eigenvalue weighted by Gasteiger charge is -2.33. The fourth-order valence-electron chi connectivity index (χ4n) is 3.88. The Morgan fingerprint density at radius 2 is 1.92 bits per heavy atom. The average molecular weight is 551 g/mol. The minimum Gasteiger partial charge on any atom is -0.490 e. The summed E-state index contributed by atoms with van der Waals surface area (Å²) in [6.07, 6.45) is 0.479. The molecule has 2 N–H and O–H groups in total. The first kappa shape index (κ1) is 26.6. The van der Waals surface area contributed by atoms with Crippen molar-refractivity contribution < 1.29 is 24.1 Å². The smallest absolute Gasteiger partial charge is 0.418 e. The highest BCUT2D eigenvalue weighted by atomic mass is 35.5. The highest BCUT2D eigenvalue weighted by Gasteiger charge is 2.23. The number of aryl methyl sites for hydroxylation is 1. The van der Waals surface area contributed by atoms with E-state index in [1.54, 1.807) is 42.5 Å². The number of rotatable bonds is 9. The van der Waals surface area contributed by atoms with Crippen LogP contribution in [0.5, 0.6) is 16.6 Å². The predicted molar refractivity (Wildman–Crippen MR) is 143 cm³/mol. The second kappa shape index (κ2) is 12.7. The molecule has 2 aromatic carbocycles. The molecule has 0 aliphatic carbocycles. The van der Waals surface area contributed by atoms with Crippen LogP contribution in [0.2, 0.25) is 10.0 Å².